The molecule has 130 valence electrons. The molecule has 0 radical (unpaired) electrons. The van der Waals surface area contributed by atoms with E-state index < -0.39 is 11.8 Å². The van der Waals surface area contributed by atoms with Gasteiger partial charge in [0.15, 0.2) is 11.6 Å². The molecule has 0 unspecified atom stereocenters. The van der Waals surface area contributed by atoms with Crippen LogP contribution in [0.25, 0.3) is 11.6 Å². The van der Waals surface area contributed by atoms with Gasteiger partial charge in [-0.2, -0.15) is 0 Å². The maximum absolute atomic E-state index is 13.8. The number of aromatic carboxylic acids is 1. The Labute approximate surface area is 148 Å². The number of carboxylic acid groups (broad SMARTS) is 1. The topological polar surface area (TPSA) is 92.1 Å². The molecule has 1 N–H and O–H groups in total. The number of carbonyl (C=O) groups is 1. The standard InChI is InChI=1S/C18H14FN5O2/c19-13-6-11(18(25)26)7-14(8-13)24-5-2-15-12(10-24)9-22-17(23-15)16-20-3-1-4-21-16/h1,3-4,6-9H,2,5,10H2,(H,25,26). The van der Waals surface area contributed by atoms with Gasteiger partial charge in [0.25, 0.3) is 0 Å². The van der Waals surface area contributed by atoms with Crippen LogP contribution in [0.2, 0.25) is 0 Å². The van der Waals surface area contributed by atoms with Crippen molar-refractivity contribution in [1.82, 2.24) is 19.9 Å². The first-order chi connectivity index (χ1) is 12.6. The predicted molar refractivity (Wildman–Crippen MR) is 91.2 cm³/mol. The molecule has 1 aliphatic heterocycles. The minimum atomic E-state index is -1.15. The van der Waals surface area contributed by atoms with Crippen LogP contribution in [0.3, 0.4) is 0 Å². The number of anilines is 1. The molecule has 0 spiro atoms. The largest absolute Gasteiger partial charge is 0.478 e. The summed E-state index contributed by atoms with van der Waals surface area (Å²) in [4.78, 5) is 30.2. The van der Waals surface area contributed by atoms with Crippen LogP contribution in [0.15, 0.2) is 42.9 Å². The molecule has 0 bridgehead atoms. The summed E-state index contributed by atoms with van der Waals surface area (Å²) >= 11 is 0. The van der Waals surface area contributed by atoms with E-state index in [1.54, 1.807) is 24.7 Å². The fourth-order valence-electron chi connectivity index (χ4n) is 2.94. The summed E-state index contributed by atoms with van der Waals surface area (Å²) in [6, 6.07) is 5.55. The highest BCUT2D eigenvalue weighted by Gasteiger charge is 2.21. The van der Waals surface area contributed by atoms with E-state index in [2.05, 4.69) is 19.9 Å². The van der Waals surface area contributed by atoms with Gasteiger partial charge in [-0.25, -0.2) is 29.1 Å². The Morgan fingerprint density at radius 3 is 2.69 bits per heavy atom. The number of fused-ring (bicyclic) bond motifs is 1. The van der Waals surface area contributed by atoms with Crippen LogP contribution in [0.1, 0.15) is 21.6 Å². The monoisotopic (exact) mass is 351 g/mol. The Morgan fingerprint density at radius 2 is 1.92 bits per heavy atom. The van der Waals surface area contributed by atoms with Crippen LogP contribution in [-0.2, 0) is 13.0 Å². The van der Waals surface area contributed by atoms with E-state index in [1.165, 1.54) is 12.1 Å². The molecule has 0 aliphatic carbocycles. The third kappa shape index (κ3) is 3.08. The predicted octanol–water partition coefficient (Wildman–Crippen LogP) is 2.33. The molecule has 1 aromatic carbocycles. The van der Waals surface area contributed by atoms with Crippen LogP contribution >= 0.6 is 0 Å². The highest BCUT2D eigenvalue weighted by molar-refractivity contribution is 5.88. The smallest absolute Gasteiger partial charge is 0.335 e. The van der Waals surface area contributed by atoms with Gasteiger partial charge in [-0.05, 0) is 24.3 Å². The molecule has 3 aromatic rings. The Hall–Kier alpha value is -3.42. The number of carboxylic acids is 1. The van der Waals surface area contributed by atoms with Gasteiger partial charge in [0, 0.05) is 49.4 Å². The average molecular weight is 351 g/mol. The van der Waals surface area contributed by atoms with Gasteiger partial charge >= 0.3 is 5.97 Å². The van der Waals surface area contributed by atoms with Crippen LogP contribution in [-0.4, -0.2) is 37.6 Å². The van der Waals surface area contributed by atoms with Gasteiger partial charge in [0.05, 0.1) is 11.3 Å². The lowest BCUT2D eigenvalue weighted by Crippen LogP contribution is -2.31. The number of halogens is 1. The minimum Gasteiger partial charge on any atom is -0.478 e. The first kappa shape index (κ1) is 16.1. The van der Waals surface area contributed by atoms with Crippen molar-refractivity contribution in [3.63, 3.8) is 0 Å². The van der Waals surface area contributed by atoms with Crippen molar-refractivity contribution >= 4 is 11.7 Å². The fourth-order valence-corrected chi connectivity index (χ4v) is 2.94. The Balaban J connectivity index is 1.62. The lowest BCUT2D eigenvalue weighted by Gasteiger charge is -2.30. The van der Waals surface area contributed by atoms with Crippen molar-refractivity contribution in [2.75, 3.05) is 11.4 Å². The van der Waals surface area contributed by atoms with Gasteiger partial charge < -0.3 is 10.0 Å². The molecule has 3 heterocycles. The van der Waals surface area contributed by atoms with Crippen molar-refractivity contribution in [3.8, 4) is 11.6 Å². The number of aromatic nitrogens is 4. The van der Waals surface area contributed by atoms with Crippen LogP contribution in [0.4, 0.5) is 10.1 Å². The maximum atomic E-state index is 13.8. The number of rotatable bonds is 3. The first-order valence-corrected chi connectivity index (χ1v) is 8.01. The molecule has 0 saturated carbocycles. The first-order valence-electron chi connectivity index (χ1n) is 8.01. The number of hydrogen-bond acceptors (Lipinski definition) is 6. The summed E-state index contributed by atoms with van der Waals surface area (Å²) < 4.78 is 13.8. The van der Waals surface area contributed by atoms with Gasteiger partial charge in [-0.1, -0.05) is 0 Å². The van der Waals surface area contributed by atoms with E-state index in [9.17, 15) is 9.18 Å². The number of benzene rings is 1. The summed E-state index contributed by atoms with van der Waals surface area (Å²) in [6.07, 6.45) is 5.63. The normalized spacial score (nSPS) is 13.3. The average Bonchev–Trinajstić information content (AvgIpc) is 2.67. The van der Waals surface area contributed by atoms with E-state index in [0.717, 1.165) is 17.3 Å². The second-order valence-corrected chi connectivity index (χ2v) is 5.91. The van der Waals surface area contributed by atoms with Crippen molar-refractivity contribution in [2.45, 2.75) is 13.0 Å². The molecule has 0 saturated heterocycles. The lowest BCUT2D eigenvalue weighted by molar-refractivity contribution is 0.0696. The summed E-state index contributed by atoms with van der Waals surface area (Å²) in [7, 11) is 0. The molecule has 4 rings (SSSR count). The maximum Gasteiger partial charge on any atom is 0.335 e. The molecule has 1 aliphatic rings. The van der Waals surface area contributed by atoms with Gasteiger partial charge in [0.2, 0.25) is 0 Å². The molecular formula is C18H14FN5O2. The highest BCUT2D eigenvalue weighted by Crippen LogP contribution is 2.26. The molecular weight excluding hydrogens is 337 g/mol. The van der Waals surface area contributed by atoms with E-state index in [4.69, 9.17) is 5.11 Å². The van der Waals surface area contributed by atoms with Crippen LogP contribution in [0, 0.1) is 5.82 Å². The fraction of sp³-hybridized carbons (Fsp3) is 0.167. The SMILES string of the molecule is O=C(O)c1cc(F)cc(N2CCc3nc(-c4ncccn4)ncc3C2)c1. The Morgan fingerprint density at radius 1 is 1.12 bits per heavy atom. The molecule has 0 fully saturated rings. The van der Waals surface area contributed by atoms with Crippen LogP contribution < -0.4 is 4.90 Å². The van der Waals surface area contributed by atoms with Crippen molar-refractivity contribution in [1.29, 1.82) is 0 Å². The summed E-state index contributed by atoms with van der Waals surface area (Å²) in [5, 5.41) is 9.11. The van der Waals surface area contributed by atoms with Crippen molar-refractivity contribution in [2.24, 2.45) is 0 Å². The van der Waals surface area contributed by atoms with E-state index in [-0.39, 0.29) is 5.56 Å². The van der Waals surface area contributed by atoms with Gasteiger partial charge in [-0.15, -0.1) is 0 Å². The van der Waals surface area contributed by atoms with Crippen molar-refractivity contribution in [3.05, 3.63) is 65.5 Å². The second kappa shape index (κ2) is 6.47. The zero-order valence-corrected chi connectivity index (χ0v) is 13.6. The summed E-state index contributed by atoms with van der Waals surface area (Å²) in [5.74, 6) is -0.789. The van der Waals surface area contributed by atoms with E-state index in [0.29, 0.717) is 36.8 Å². The molecule has 7 nitrogen and oxygen atoms in total. The summed E-state index contributed by atoms with van der Waals surface area (Å²) in [6.45, 7) is 1.08. The molecule has 0 atom stereocenters. The number of hydrogen-bond donors (Lipinski definition) is 1. The molecule has 2 aromatic heterocycles. The summed E-state index contributed by atoms with van der Waals surface area (Å²) in [5.41, 5.74) is 2.27. The van der Waals surface area contributed by atoms with Crippen LogP contribution in [0.5, 0.6) is 0 Å². The second-order valence-electron chi connectivity index (χ2n) is 5.91. The van der Waals surface area contributed by atoms with Gasteiger partial charge in [-0.3, -0.25) is 0 Å². The van der Waals surface area contributed by atoms with E-state index >= 15 is 0 Å². The highest BCUT2D eigenvalue weighted by atomic mass is 19.1. The molecule has 26 heavy (non-hydrogen) atoms. The third-order valence-corrected chi connectivity index (χ3v) is 4.19. The molecule has 8 heteroatoms. The minimum absolute atomic E-state index is 0.0707. The van der Waals surface area contributed by atoms with Crippen molar-refractivity contribution < 1.29 is 14.3 Å². The van der Waals surface area contributed by atoms with Gasteiger partial charge in [0.1, 0.15) is 5.82 Å². The quantitative estimate of drug-likeness (QED) is 0.774. The van der Waals surface area contributed by atoms with E-state index in [1.807, 2.05) is 4.90 Å². The lowest BCUT2D eigenvalue weighted by atomic mass is 10.1. The zero-order chi connectivity index (χ0) is 18.1. The third-order valence-electron chi connectivity index (χ3n) is 4.19. The molecule has 0 amide bonds. The Bertz CT molecular complexity index is 981. The Kier molecular flexibility index (Phi) is 4.00. The number of nitrogens with zero attached hydrogens (tertiary/aromatic N) is 5. The zero-order valence-electron chi connectivity index (χ0n) is 13.6.